The molecule has 22 heavy (non-hydrogen) atoms. The second kappa shape index (κ2) is 5.57. The fraction of sp³-hybridized carbons (Fsp3) is 0.750. The molecule has 2 N–H and O–H groups in total. The molecule has 0 radical (unpaired) electrons. The Morgan fingerprint density at radius 1 is 1.32 bits per heavy atom. The molecule has 0 bridgehead atoms. The highest BCUT2D eigenvalue weighted by Crippen LogP contribution is 2.44. The maximum atomic E-state index is 12.7. The minimum Gasteiger partial charge on any atom is -0.347 e. The van der Waals surface area contributed by atoms with Gasteiger partial charge in [0, 0.05) is 38.1 Å². The van der Waals surface area contributed by atoms with Crippen LogP contribution in [0.3, 0.4) is 0 Å². The molecule has 1 aromatic heterocycles. The highest BCUT2D eigenvalue weighted by Gasteiger charge is 2.43. The third kappa shape index (κ3) is 2.84. The Hall–Kier alpha value is -1.56. The van der Waals surface area contributed by atoms with Crippen LogP contribution in [-0.4, -0.2) is 58.5 Å². The van der Waals surface area contributed by atoms with Crippen molar-refractivity contribution in [3.05, 3.63) is 18.2 Å². The highest BCUT2D eigenvalue weighted by atomic mass is 16.2. The summed E-state index contributed by atoms with van der Waals surface area (Å²) in [7, 11) is 2.10. The van der Waals surface area contributed by atoms with Crippen molar-refractivity contribution in [2.45, 2.75) is 37.8 Å². The van der Waals surface area contributed by atoms with E-state index >= 15 is 0 Å². The van der Waals surface area contributed by atoms with Gasteiger partial charge in [0.15, 0.2) is 0 Å². The number of likely N-dealkylation sites (N-methyl/N-ethyl adjacent to an activating group) is 1. The van der Waals surface area contributed by atoms with E-state index < -0.39 is 0 Å². The van der Waals surface area contributed by atoms with Crippen LogP contribution in [0.4, 0.5) is 4.79 Å². The lowest BCUT2D eigenvalue weighted by molar-refractivity contribution is 0.103. The van der Waals surface area contributed by atoms with Crippen molar-refractivity contribution in [2.75, 3.05) is 26.7 Å². The molecule has 2 saturated carbocycles. The Labute approximate surface area is 131 Å². The predicted molar refractivity (Wildman–Crippen MR) is 83.3 cm³/mol. The Kier molecular flexibility index (Phi) is 3.56. The lowest BCUT2D eigenvalue weighted by atomic mass is 10.1. The number of imidazole rings is 1. The number of hydrogen-bond donors (Lipinski definition) is 2. The molecule has 2 aliphatic carbocycles. The van der Waals surface area contributed by atoms with Gasteiger partial charge in [0.05, 0.1) is 6.04 Å². The van der Waals surface area contributed by atoms with Crippen LogP contribution >= 0.6 is 0 Å². The lowest BCUT2D eigenvalue weighted by Gasteiger charge is -2.39. The van der Waals surface area contributed by atoms with Gasteiger partial charge < -0.3 is 15.2 Å². The van der Waals surface area contributed by atoms with Gasteiger partial charge in [0.2, 0.25) is 0 Å². The van der Waals surface area contributed by atoms with Crippen LogP contribution in [0.5, 0.6) is 0 Å². The van der Waals surface area contributed by atoms with Crippen LogP contribution in [0.1, 0.15) is 37.5 Å². The average Bonchev–Trinajstić information content (AvgIpc) is 3.45. The maximum Gasteiger partial charge on any atom is 0.317 e. The van der Waals surface area contributed by atoms with E-state index in [0.29, 0.717) is 12.6 Å². The molecule has 2 heterocycles. The largest absolute Gasteiger partial charge is 0.347 e. The molecular weight excluding hydrogens is 278 g/mol. The van der Waals surface area contributed by atoms with Gasteiger partial charge in [0.1, 0.15) is 5.82 Å². The van der Waals surface area contributed by atoms with Crippen molar-refractivity contribution in [3.63, 3.8) is 0 Å². The van der Waals surface area contributed by atoms with Gasteiger partial charge in [-0.15, -0.1) is 0 Å². The number of aromatic nitrogens is 2. The molecule has 120 valence electrons. The molecule has 1 aliphatic heterocycles. The summed E-state index contributed by atoms with van der Waals surface area (Å²) in [5.74, 6) is 2.43. The number of carbonyl (C=O) groups excluding carboxylic acids is 1. The van der Waals surface area contributed by atoms with Gasteiger partial charge in [0.25, 0.3) is 0 Å². The molecule has 3 aliphatic rings. The zero-order valence-electron chi connectivity index (χ0n) is 13.2. The van der Waals surface area contributed by atoms with Crippen molar-refractivity contribution >= 4 is 6.03 Å². The lowest BCUT2D eigenvalue weighted by Crippen LogP contribution is -2.54. The van der Waals surface area contributed by atoms with Gasteiger partial charge in [-0.25, -0.2) is 9.78 Å². The van der Waals surface area contributed by atoms with Crippen LogP contribution in [0, 0.1) is 11.8 Å². The van der Waals surface area contributed by atoms with Gasteiger partial charge in [-0.2, -0.15) is 0 Å². The van der Waals surface area contributed by atoms with Crippen LogP contribution in [0.15, 0.2) is 12.4 Å². The van der Waals surface area contributed by atoms with E-state index in [1.165, 1.54) is 25.7 Å². The number of rotatable bonds is 4. The van der Waals surface area contributed by atoms with Gasteiger partial charge >= 0.3 is 6.03 Å². The molecule has 1 aromatic rings. The quantitative estimate of drug-likeness (QED) is 0.888. The van der Waals surface area contributed by atoms with Crippen molar-refractivity contribution < 1.29 is 4.79 Å². The number of nitrogens with one attached hydrogen (secondary N) is 2. The molecule has 1 atom stereocenters. The number of H-pyrrole nitrogens is 1. The minimum absolute atomic E-state index is 0.119. The molecule has 3 fully saturated rings. The highest BCUT2D eigenvalue weighted by molar-refractivity contribution is 5.75. The summed E-state index contributed by atoms with van der Waals surface area (Å²) in [4.78, 5) is 24.4. The number of amides is 2. The number of piperazine rings is 1. The number of hydrogen-bond acceptors (Lipinski definition) is 3. The van der Waals surface area contributed by atoms with E-state index in [0.717, 1.165) is 30.7 Å². The van der Waals surface area contributed by atoms with E-state index in [1.54, 1.807) is 6.20 Å². The Morgan fingerprint density at radius 3 is 2.64 bits per heavy atom. The second-order valence-electron chi connectivity index (χ2n) is 7.07. The van der Waals surface area contributed by atoms with Crippen LogP contribution < -0.4 is 5.32 Å². The topological polar surface area (TPSA) is 64.3 Å². The van der Waals surface area contributed by atoms with Gasteiger partial charge in [-0.1, -0.05) is 0 Å². The summed E-state index contributed by atoms with van der Waals surface area (Å²) in [6.45, 7) is 2.38. The fourth-order valence-corrected chi connectivity index (χ4v) is 3.58. The number of nitrogens with zero attached hydrogens (tertiary/aromatic N) is 3. The van der Waals surface area contributed by atoms with Gasteiger partial charge in [-0.05, 0) is 44.6 Å². The van der Waals surface area contributed by atoms with Crippen molar-refractivity contribution in [1.29, 1.82) is 0 Å². The number of urea groups is 1. The smallest absolute Gasteiger partial charge is 0.317 e. The fourth-order valence-electron chi connectivity index (χ4n) is 3.58. The molecule has 0 aromatic carbocycles. The summed E-state index contributed by atoms with van der Waals surface area (Å²) in [5.41, 5.74) is 0. The van der Waals surface area contributed by atoms with Crippen LogP contribution in [0.2, 0.25) is 0 Å². The first-order valence-corrected chi connectivity index (χ1v) is 8.47. The van der Waals surface area contributed by atoms with Gasteiger partial charge in [-0.3, -0.25) is 4.90 Å². The molecule has 4 rings (SSSR count). The summed E-state index contributed by atoms with van der Waals surface area (Å²) in [5, 5.41) is 3.33. The average molecular weight is 303 g/mol. The minimum atomic E-state index is 0.119. The maximum absolute atomic E-state index is 12.7. The molecule has 0 spiro atoms. The van der Waals surface area contributed by atoms with E-state index in [4.69, 9.17) is 0 Å². The van der Waals surface area contributed by atoms with Crippen molar-refractivity contribution in [1.82, 2.24) is 25.1 Å². The van der Waals surface area contributed by atoms with E-state index in [2.05, 4.69) is 27.2 Å². The summed E-state index contributed by atoms with van der Waals surface area (Å²) in [6.07, 6.45) is 8.79. The molecule has 0 unspecified atom stereocenters. The monoisotopic (exact) mass is 303 g/mol. The first kappa shape index (κ1) is 14.1. The third-order valence-corrected chi connectivity index (χ3v) is 5.32. The molecule has 6 heteroatoms. The SMILES string of the molecule is CN1CCN(C(=O)NC(C2CC2)C2CC2)C[C@H]1c1ncc[nH]1. The van der Waals surface area contributed by atoms with Crippen LogP contribution in [0.25, 0.3) is 0 Å². The molecule has 6 nitrogen and oxygen atoms in total. The second-order valence-corrected chi connectivity index (χ2v) is 7.07. The summed E-state index contributed by atoms with van der Waals surface area (Å²) in [6, 6.07) is 0.706. The number of carbonyl (C=O) groups is 1. The van der Waals surface area contributed by atoms with Crippen molar-refractivity contribution in [3.8, 4) is 0 Å². The molecular formula is C16H25N5O. The Bertz CT molecular complexity index is 511. The van der Waals surface area contributed by atoms with E-state index in [9.17, 15) is 4.79 Å². The standard InChI is InChI=1S/C16H25N5O/c1-20-8-9-21(10-13(20)15-17-6-7-18-15)16(22)19-14(11-2-3-11)12-4-5-12/h6-7,11-14H,2-5,8-10H2,1H3,(H,17,18)(H,19,22)/t13-/m0/s1. The zero-order chi connectivity index (χ0) is 15.1. The molecule has 1 saturated heterocycles. The van der Waals surface area contributed by atoms with E-state index in [-0.39, 0.29) is 12.1 Å². The predicted octanol–water partition coefficient (Wildman–Crippen LogP) is 1.60. The van der Waals surface area contributed by atoms with E-state index in [1.807, 2.05) is 11.1 Å². The summed E-state index contributed by atoms with van der Waals surface area (Å²) < 4.78 is 0. The Balaban J connectivity index is 1.40. The van der Waals surface area contributed by atoms with Crippen LogP contribution in [-0.2, 0) is 0 Å². The first-order chi connectivity index (χ1) is 10.7. The van der Waals surface area contributed by atoms with Crippen molar-refractivity contribution in [2.24, 2.45) is 11.8 Å². The normalized spacial score (nSPS) is 26.5. The number of aromatic amines is 1. The molecule has 2 amide bonds. The first-order valence-electron chi connectivity index (χ1n) is 8.47. The third-order valence-electron chi connectivity index (χ3n) is 5.32. The Morgan fingerprint density at radius 2 is 2.05 bits per heavy atom. The zero-order valence-corrected chi connectivity index (χ0v) is 13.2. The summed E-state index contributed by atoms with van der Waals surface area (Å²) >= 11 is 0.